The summed E-state index contributed by atoms with van der Waals surface area (Å²) in [6, 6.07) is 6.06. The van der Waals surface area contributed by atoms with Crippen molar-refractivity contribution in [3.8, 4) is 11.5 Å². The lowest BCUT2D eigenvalue weighted by Crippen LogP contribution is -2.52. The van der Waals surface area contributed by atoms with Gasteiger partial charge in [0.05, 0.1) is 11.1 Å². The first-order valence-electron chi connectivity index (χ1n) is 8.34. The zero-order chi connectivity index (χ0) is 18.9. The third-order valence-electron chi connectivity index (χ3n) is 4.04. The van der Waals surface area contributed by atoms with Gasteiger partial charge in [0.2, 0.25) is 11.8 Å². The molecule has 0 spiro atoms. The Kier molecular flexibility index (Phi) is 4.58. The number of aromatic nitrogens is 2. The molecule has 1 aliphatic rings. The van der Waals surface area contributed by atoms with Crippen molar-refractivity contribution in [2.75, 3.05) is 0 Å². The number of imide groups is 1. The van der Waals surface area contributed by atoms with Gasteiger partial charge >= 0.3 is 0 Å². The Morgan fingerprint density at radius 3 is 2.65 bits per heavy atom. The van der Waals surface area contributed by atoms with E-state index in [0.717, 1.165) is 0 Å². The van der Waals surface area contributed by atoms with Crippen LogP contribution < -0.4 is 10.6 Å². The predicted molar refractivity (Wildman–Crippen MR) is 92.1 cm³/mol. The second-order valence-corrected chi connectivity index (χ2v) is 7.20. The fraction of sp³-hybridized carbons (Fsp3) is 0.389. The highest BCUT2D eigenvalue weighted by atomic mass is 16.5. The van der Waals surface area contributed by atoms with E-state index in [1.165, 1.54) is 0 Å². The summed E-state index contributed by atoms with van der Waals surface area (Å²) in [4.78, 5) is 40.1. The molecule has 0 saturated carbocycles. The second kappa shape index (κ2) is 6.70. The topological polar surface area (TPSA) is 114 Å². The van der Waals surface area contributed by atoms with E-state index in [1.807, 2.05) is 20.8 Å². The van der Waals surface area contributed by atoms with E-state index in [0.29, 0.717) is 17.0 Å². The molecule has 1 aliphatic heterocycles. The van der Waals surface area contributed by atoms with Crippen LogP contribution in [0.25, 0.3) is 11.5 Å². The molecular formula is C18H20N4O4. The van der Waals surface area contributed by atoms with E-state index < -0.39 is 17.9 Å². The van der Waals surface area contributed by atoms with Crippen molar-refractivity contribution < 1.29 is 18.9 Å². The first-order chi connectivity index (χ1) is 12.3. The summed E-state index contributed by atoms with van der Waals surface area (Å²) >= 11 is 0. The number of hydrogen-bond donors (Lipinski definition) is 2. The number of amides is 3. The summed E-state index contributed by atoms with van der Waals surface area (Å²) in [6.45, 7) is 5.88. The largest absolute Gasteiger partial charge is 0.340 e. The Balaban J connectivity index is 1.85. The van der Waals surface area contributed by atoms with Crippen LogP contribution in [0.3, 0.4) is 0 Å². The monoisotopic (exact) mass is 356 g/mol. The molecule has 8 nitrogen and oxygen atoms in total. The number of hydrogen-bond acceptors (Lipinski definition) is 6. The molecule has 2 heterocycles. The van der Waals surface area contributed by atoms with Gasteiger partial charge in [-0.05, 0) is 18.6 Å². The van der Waals surface area contributed by atoms with Crippen LogP contribution in [0.4, 0.5) is 0 Å². The third kappa shape index (κ3) is 3.63. The van der Waals surface area contributed by atoms with Gasteiger partial charge < -0.3 is 9.84 Å². The maximum atomic E-state index is 12.7. The normalized spacial score (nSPS) is 17.7. The Morgan fingerprint density at radius 2 is 2.00 bits per heavy atom. The molecule has 1 aromatic heterocycles. The van der Waals surface area contributed by atoms with Crippen molar-refractivity contribution in [3.63, 3.8) is 0 Å². The molecule has 8 heteroatoms. The number of piperidine rings is 1. The lowest BCUT2D eigenvalue weighted by atomic mass is 9.96. The van der Waals surface area contributed by atoms with E-state index >= 15 is 0 Å². The minimum absolute atomic E-state index is 0.191. The summed E-state index contributed by atoms with van der Waals surface area (Å²) in [6.07, 6.45) is 0.463. The van der Waals surface area contributed by atoms with Gasteiger partial charge in [0.15, 0.2) is 5.82 Å². The highest BCUT2D eigenvalue weighted by Crippen LogP contribution is 2.26. The molecule has 0 radical (unpaired) electrons. The summed E-state index contributed by atoms with van der Waals surface area (Å²) in [5, 5.41) is 8.86. The molecule has 0 aliphatic carbocycles. The van der Waals surface area contributed by atoms with Crippen molar-refractivity contribution in [2.45, 2.75) is 45.1 Å². The van der Waals surface area contributed by atoms with Crippen LogP contribution in [0.1, 0.15) is 49.8 Å². The lowest BCUT2D eigenvalue weighted by Gasteiger charge is -2.22. The molecule has 3 rings (SSSR count). The summed E-state index contributed by atoms with van der Waals surface area (Å²) in [5.74, 6) is -0.496. The zero-order valence-electron chi connectivity index (χ0n) is 14.8. The Hall–Kier alpha value is -3.03. The molecule has 1 fully saturated rings. The van der Waals surface area contributed by atoms with Crippen molar-refractivity contribution >= 4 is 17.7 Å². The maximum absolute atomic E-state index is 12.7. The number of carbonyl (C=O) groups is 3. The minimum Gasteiger partial charge on any atom is -0.340 e. The standard InChI is InChI=1S/C18H20N4O4/c1-18(2,3)17-21-16(26-22-17)11-7-5-4-6-10(11)14(24)19-12-8-9-13(23)20-15(12)25/h4-7,12H,8-9H2,1-3H3,(H,19,24)(H,20,23,25). The number of benzene rings is 1. The van der Waals surface area contributed by atoms with Gasteiger partial charge in [-0.3, -0.25) is 19.7 Å². The van der Waals surface area contributed by atoms with Crippen LogP contribution >= 0.6 is 0 Å². The van der Waals surface area contributed by atoms with Gasteiger partial charge in [-0.15, -0.1) is 0 Å². The van der Waals surface area contributed by atoms with Crippen molar-refractivity contribution in [3.05, 3.63) is 35.7 Å². The molecule has 2 aromatic rings. The van der Waals surface area contributed by atoms with Crippen LogP contribution in [-0.4, -0.2) is 33.9 Å². The van der Waals surface area contributed by atoms with Crippen LogP contribution in [0.5, 0.6) is 0 Å². The predicted octanol–water partition coefficient (Wildman–Crippen LogP) is 1.57. The lowest BCUT2D eigenvalue weighted by molar-refractivity contribution is -0.134. The number of carbonyl (C=O) groups excluding carboxylic acids is 3. The fourth-order valence-electron chi connectivity index (χ4n) is 2.57. The first-order valence-corrected chi connectivity index (χ1v) is 8.34. The summed E-state index contributed by atoms with van der Waals surface area (Å²) in [7, 11) is 0. The zero-order valence-corrected chi connectivity index (χ0v) is 14.8. The third-order valence-corrected chi connectivity index (χ3v) is 4.04. The minimum atomic E-state index is -0.749. The van der Waals surface area contributed by atoms with Crippen LogP contribution in [0, 0.1) is 0 Å². The molecule has 1 atom stereocenters. The second-order valence-electron chi connectivity index (χ2n) is 7.20. The smallest absolute Gasteiger partial charge is 0.258 e. The van der Waals surface area contributed by atoms with Crippen LogP contribution in [0.15, 0.2) is 28.8 Å². The Labute approximate surface area is 150 Å². The fourth-order valence-corrected chi connectivity index (χ4v) is 2.57. The van der Waals surface area contributed by atoms with Crippen molar-refractivity contribution in [2.24, 2.45) is 0 Å². The van der Waals surface area contributed by atoms with Gasteiger partial charge in [-0.1, -0.05) is 38.1 Å². The molecule has 3 amide bonds. The quantitative estimate of drug-likeness (QED) is 0.807. The van der Waals surface area contributed by atoms with Gasteiger partial charge in [0, 0.05) is 11.8 Å². The van der Waals surface area contributed by atoms with E-state index in [2.05, 4.69) is 20.8 Å². The van der Waals surface area contributed by atoms with Gasteiger partial charge in [0.25, 0.3) is 11.8 Å². The Morgan fingerprint density at radius 1 is 1.27 bits per heavy atom. The molecule has 2 N–H and O–H groups in total. The van der Waals surface area contributed by atoms with E-state index in [1.54, 1.807) is 24.3 Å². The highest BCUT2D eigenvalue weighted by molar-refractivity contribution is 6.05. The number of nitrogens with zero attached hydrogens (tertiary/aromatic N) is 2. The van der Waals surface area contributed by atoms with Gasteiger partial charge in [0.1, 0.15) is 6.04 Å². The molecular weight excluding hydrogens is 336 g/mol. The first kappa shape index (κ1) is 17.8. The van der Waals surface area contributed by atoms with Gasteiger partial charge in [-0.2, -0.15) is 4.98 Å². The summed E-state index contributed by atoms with van der Waals surface area (Å²) < 4.78 is 5.33. The average Bonchev–Trinajstić information content (AvgIpc) is 3.07. The maximum Gasteiger partial charge on any atom is 0.258 e. The van der Waals surface area contributed by atoms with Crippen LogP contribution in [-0.2, 0) is 15.0 Å². The van der Waals surface area contributed by atoms with Crippen LogP contribution in [0.2, 0.25) is 0 Å². The molecule has 26 heavy (non-hydrogen) atoms. The molecule has 136 valence electrons. The molecule has 1 saturated heterocycles. The molecule has 0 bridgehead atoms. The number of nitrogens with one attached hydrogen (secondary N) is 2. The van der Waals surface area contributed by atoms with E-state index in [4.69, 9.17) is 4.52 Å². The SMILES string of the molecule is CC(C)(C)c1noc(-c2ccccc2C(=O)NC2CCC(=O)NC2=O)n1. The van der Waals surface area contributed by atoms with Gasteiger partial charge in [-0.25, -0.2) is 0 Å². The molecule has 1 unspecified atom stereocenters. The van der Waals surface area contributed by atoms with E-state index in [-0.39, 0.29) is 30.1 Å². The van der Waals surface area contributed by atoms with Crippen molar-refractivity contribution in [1.29, 1.82) is 0 Å². The Bertz CT molecular complexity index is 866. The average molecular weight is 356 g/mol. The highest BCUT2D eigenvalue weighted by Gasteiger charge is 2.29. The van der Waals surface area contributed by atoms with E-state index in [9.17, 15) is 14.4 Å². The van der Waals surface area contributed by atoms with Crippen molar-refractivity contribution in [1.82, 2.24) is 20.8 Å². The summed E-state index contributed by atoms with van der Waals surface area (Å²) in [5.41, 5.74) is 0.521. The number of rotatable bonds is 3. The molecule has 1 aromatic carbocycles.